The lowest BCUT2D eigenvalue weighted by atomic mass is 10.0. The zero-order valence-electron chi connectivity index (χ0n) is 15.3. The van der Waals surface area contributed by atoms with Gasteiger partial charge in [-0.05, 0) is 18.4 Å². The Kier molecular flexibility index (Phi) is 7.54. The molecular weight excluding hydrogens is 358 g/mol. The summed E-state index contributed by atoms with van der Waals surface area (Å²) < 4.78 is 15.9. The van der Waals surface area contributed by atoms with Crippen LogP contribution < -0.4 is 10.5 Å². The third kappa shape index (κ3) is 5.38. The van der Waals surface area contributed by atoms with Gasteiger partial charge in [0.2, 0.25) is 12.6 Å². The summed E-state index contributed by atoms with van der Waals surface area (Å²) in [6, 6.07) is 5.57. The molecule has 0 amide bonds. The van der Waals surface area contributed by atoms with Gasteiger partial charge in [0.25, 0.3) is 0 Å². The molecule has 2 rings (SSSR count). The first kappa shape index (κ1) is 21.5. The first-order valence-electron chi connectivity index (χ1n) is 8.75. The van der Waals surface area contributed by atoms with E-state index in [4.69, 9.17) is 19.9 Å². The molecular formula is C18H27NO8. The Balaban J connectivity index is 2.10. The van der Waals surface area contributed by atoms with Crippen LogP contribution in [0.3, 0.4) is 0 Å². The molecule has 6 atom stereocenters. The lowest BCUT2D eigenvalue weighted by Gasteiger charge is -2.39. The van der Waals surface area contributed by atoms with Gasteiger partial charge in [-0.25, -0.2) is 0 Å². The first-order chi connectivity index (χ1) is 12.7. The number of hydrogen-bond acceptors (Lipinski definition) is 9. The number of esters is 1. The van der Waals surface area contributed by atoms with E-state index >= 15 is 0 Å². The Hall–Kier alpha value is -1.75. The van der Waals surface area contributed by atoms with Crippen molar-refractivity contribution in [3.8, 4) is 5.75 Å². The van der Waals surface area contributed by atoms with Crippen molar-refractivity contribution >= 4 is 5.97 Å². The fourth-order valence-electron chi connectivity index (χ4n) is 2.69. The molecule has 1 aliphatic rings. The van der Waals surface area contributed by atoms with Crippen LogP contribution >= 0.6 is 0 Å². The molecule has 1 heterocycles. The van der Waals surface area contributed by atoms with Crippen LogP contribution in [0, 0.1) is 5.92 Å². The van der Waals surface area contributed by atoms with Crippen LogP contribution in [0.5, 0.6) is 5.75 Å². The van der Waals surface area contributed by atoms with E-state index < -0.39 is 42.9 Å². The van der Waals surface area contributed by atoms with Gasteiger partial charge >= 0.3 is 5.97 Å². The van der Waals surface area contributed by atoms with Crippen molar-refractivity contribution in [2.24, 2.45) is 11.7 Å². The number of carbonyl (C=O) groups excluding carboxylic acids is 1. The number of rotatable bonds is 7. The average molecular weight is 385 g/mol. The number of nitrogens with two attached hydrogens (primary N) is 1. The zero-order chi connectivity index (χ0) is 20.1. The minimum atomic E-state index is -1.68. The maximum atomic E-state index is 12.1. The van der Waals surface area contributed by atoms with E-state index in [9.17, 15) is 25.2 Å². The molecule has 0 unspecified atom stereocenters. The van der Waals surface area contributed by atoms with E-state index in [-0.39, 0.29) is 18.3 Å². The molecule has 152 valence electrons. The molecule has 1 aromatic rings. The smallest absolute Gasteiger partial charge is 0.325 e. The van der Waals surface area contributed by atoms with Crippen LogP contribution in [-0.2, 0) is 20.9 Å². The highest BCUT2D eigenvalue weighted by Gasteiger charge is 2.47. The number of para-hydroxylation sites is 1. The van der Waals surface area contributed by atoms with Gasteiger partial charge < -0.3 is 35.6 Å². The number of carbonyl (C=O) groups is 1. The van der Waals surface area contributed by atoms with Crippen LogP contribution in [0.2, 0.25) is 0 Å². The maximum Gasteiger partial charge on any atom is 0.325 e. The topological polar surface area (TPSA) is 152 Å². The Morgan fingerprint density at radius 2 is 1.78 bits per heavy atom. The van der Waals surface area contributed by atoms with Crippen molar-refractivity contribution in [3.63, 3.8) is 0 Å². The van der Waals surface area contributed by atoms with Gasteiger partial charge in [0.05, 0.1) is 6.61 Å². The standard InChI is InChI=1S/C18H27NO8/c1-9(2)7-11(19)16(24)26-18-15(23)13(21)14(22)17(27-18)25-12-6-4-3-5-10(12)8-20/h3-6,9,11,13-15,17-18,20-23H,7-8,19H2,1-2H3/t11-,13+,14+,15-,17+,18-/m0/s1. The lowest BCUT2D eigenvalue weighted by molar-refractivity contribution is -0.324. The summed E-state index contributed by atoms with van der Waals surface area (Å²) in [5.74, 6) is -0.428. The van der Waals surface area contributed by atoms with Crippen molar-refractivity contribution in [1.82, 2.24) is 0 Å². The average Bonchev–Trinajstić information content (AvgIpc) is 2.63. The Morgan fingerprint density at radius 1 is 1.15 bits per heavy atom. The summed E-state index contributed by atoms with van der Waals surface area (Å²) in [6.07, 6.45) is -7.59. The second-order valence-electron chi connectivity index (χ2n) is 6.90. The monoisotopic (exact) mass is 385 g/mol. The lowest BCUT2D eigenvalue weighted by Crippen LogP contribution is -2.60. The highest BCUT2D eigenvalue weighted by Crippen LogP contribution is 2.27. The molecule has 6 N–H and O–H groups in total. The number of aliphatic hydroxyl groups is 4. The van der Waals surface area contributed by atoms with Crippen LogP contribution in [0.4, 0.5) is 0 Å². The molecule has 9 heteroatoms. The second kappa shape index (κ2) is 9.45. The molecule has 1 saturated heterocycles. The van der Waals surface area contributed by atoms with Crippen LogP contribution in [0.15, 0.2) is 24.3 Å². The molecule has 0 aliphatic carbocycles. The van der Waals surface area contributed by atoms with Crippen molar-refractivity contribution < 1.29 is 39.4 Å². The van der Waals surface area contributed by atoms with Gasteiger partial charge in [0.15, 0.2) is 0 Å². The van der Waals surface area contributed by atoms with E-state index in [1.807, 2.05) is 13.8 Å². The van der Waals surface area contributed by atoms with Gasteiger partial charge in [-0.2, -0.15) is 0 Å². The molecule has 0 radical (unpaired) electrons. The molecule has 1 fully saturated rings. The van der Waals surface area contributed by atoms with Crippen LogP contribution in [0.25, 0.3) is 0 Å². The number of benzene rings is 1. The minimum Gasteiger partial charge on any atom is -0.461 e. The first-order valence-corrected chi connectivity index (χ1v) is 8.75. The van der Waals surface area contributed by atoms with E-state index in [2.05, 4.69) is 0 Å². The molecule has 0 spiro atoms. The summed E-state index contributed by atoms with van der Waals surface area (Å²) in [5, 5.41) is 39.6. The predicted octanol–water partition coefficient (Wildman–Crippen LogP) is -0.761. The van der Waals surface area contributed by atoms with Crippen molar-refractivity contribution in [1.29, 1.82) is 0 Å². The fourth-order valence-corrected chi connectivity index (χ4v) is 2.69. The molecule has 0 aromatic heterocycles. The maximum absolute atomic E-state index is 12.1. The molecule has 1 aliphatic heterocycles. The van der Waals surface area contributed by atoms with Gasteiger partial charge in [0.1, 0.15) is 30.1 Å². The summed E-state index contributed by atoms with van der Waals surface area (Å²) in [4.78, 5) is 12.1. The van der Waals surface area contributed by atoms with E-state index in [1.165, 1.54) is 0 Å². The predicted molar refractivity (Wildman–Crippen MR) is 93.2 cm³/mol. The van der Waals surface area contributed by atoms with Gasteiger partial charge in [-0.3, -0.25) is 9.53 Å². The van der Waals surface area contributed by atoms with Crippen LogP contribution in [0.1, 0.15) is 25.8 Å². The Bertz CT molecular complexity index is 625. The number of ether oxygens (including phenoxy) is 3. The minimum absolute atomic E-state index is 0.156. The highest BCUT2D eigenvalue weighted by atomic mass is 16.8. The number of aliphatic hydroxyl groups excluding tert-OH is 4. The SMILES string of the molecule is CC(C)C[C@H](N)C(=O)O[C@H]1O[C@@H](Oc2ccccc2CO)[C@H](O)[C@@H](O)[C@@H]1O. The fraction of sp³-hybridized carbons (Fsp3) is 0.611. The summed E-state index contributed by atoms with van der Waals surface area (Å²) in [5.41, 5.74) is 6.19. The Labute approximate surface area is 157 Å². The van der Waals surface area contributed by atoms with E-state index in [0.717, 1.165) is 0 Å². The third-order valence-electron chi connectivity index (χ3n) is 4.17. The zero-order valence-corrected chi connectivity index (χ0v) is 15.3. The molecule has 0 bridgehead atoms. The van der Waals surface area contributed by atoms with Gasteiger partial charge in [0, 0.05) is 5.56 Å². The van der Waals surface area contributed by atoms with Crippen molar-refractivity contribution in [3.05, 3.63) is 29.8 Å². The highest BCUT2D eigenvalue weighted by molar-refractivity contribution is 5.75. The van der Waals surface area contributed by atoms with Crippen LogP contribution in [-0.4, -0.2) is 63.3 Å². The van der Waals surface area contributed by atoms with Crippen molar-refractivity contribution in [2.45, 2.75) is 63.8 Å². The van der Waals surface area contributed by atoms with E-state index in [1.54, 1.807) is 24.3 Å². The summed E-state index contributed by atoms with van der Waals surface area (Å²) in [7, 11) is 0. The molecule has 1 aromatic carbocycles. The van der Waals surface area contributed by atoms with E-state index in [0.29, 0.717) is 12.0 Å². The molecule has 9 nitrogen and oxygen atoms in total. The quantitative estimate of drug-likeness (QED) is 0.381. The summed E-state index contributed by atoms with van der Waals surface area (Å²) in [6.45, 7) is 3.47. The normalized spacial score (nSPS) is 29.4. The van der Waals surface area contributed by atoms with Gasteiger partial charge in [-0.15, -0.1) is 0 Å². The van der Waals surface area contributed by atoms with Gasteiger partial charge in [-0.1, -0.05) is 32.0 Å². The number of hydrogen-bond donors (Lipinski definition) is 5. The molecule has 27 heavy (non-hydrogen) atoms. The van der Waals surface area contributed by atoms with Crippen molar-refractivity contribution in [2.75, 3.05) is 0 Å². The Morgan fingerprint density at radius 3 is 2.41 bits per heavy atom. The second-order valence-corrected chi connectivity index (χ2v) is 6.90. The summed E-state index contributed by atoms with van der Waals surface area (Å²) >= 11 is 0. The largest absolute Gasteiger partial charge is 0.461 e. The third-order valence-corrected chi connectivity index (χ3v) is 4.17. The molecule has 0 saturated carbocycles.